The molecule has 0 radical (unpaired) electrons. The van der Waals surface area contributed by atoms with Crippen LogP contribution in [0.5, 0.6) is 0 Å². The molecular weight excluding hydrogens is 865 g/mol. The van der Waals surface area contributed by atoms with Crippen LogP contribution >= 0.6 is 0 Å². The summed E-state index contributed by atoms with van der Waals surface area (Å²) in [5.41, 5.74) is 17.5. The smallest absolute Gasteiger partial charge is 0.000793 e. The van der Waals surface area contributed by atoms with Crippen molar-refractivity contribution in [3.05, 3.63) is 140 Å². The van der Waals surface area contributed by atoms with Crippen molar-refractivity contribution < 1.29 is 0 Å². The molecule has 0 saturated heterocycles. The molecule has 0 unspecified atom stereocenters. The molecule has 0 aliphatic heterocycles. The summed E-state index contributed by atoms with van der Waals surface area (Å²) in [6.07, 6.45) is 18.0. The number of aryl methyl sites for hydroxylation is 12. The number of rotatable bonds is 0. The largest absolute Gasteiger partial charge is 0.0683 e. The highest BCUT2D eigenvalue weighted by molar-refractivity contribution is 6.47. The first-order chi connectivity index (χ1) is 34.9. The van der Waals surface area contributed by atoms with Gasteiger partial charge in [-0.2, -0.15) is 0 Å². The molecule has 0 heterocycles. The van der Waals surface area contributed by atoms with E-state index in [2.05, 4.69) is 83.1 Å². The van der Waals surface area contributed by atoms with Crippen LogP contribution in [-0.2, 0) is 0 Å². The minimum Gasteiger partial charge on any atom is -0.0683 e. The van der Waals surface area contributed by atoms with Crippen LogP contribution in [0.1, 0.15) is 227 Å². The Hall–Kier alpha value is -4.68. The molecule has 0 nitrogen and oxygen atoms in total. The van der Waals surface area contributed by atoms with Gasteiger partial charge in [0.2, 0.25) is 0 Å². The second-order valence-electron chi connectivity index (χ2n) is 18.6. The summed E-state index contributed by atoms with van der Waals surface area (Å²) in [5, 5.41) is 18.1. The summed E-state index contributed by atoms with van der Waals surface area (Å²) in [5.74, 6) is 0. The van der Waals surface area contributed by atoms with Crippen LogP contribution in [0, 0.1) is 83.1 Å². The SMILES string of the molecule is C1CCCCCCCCCCC1.CC.CC.CC.CC.CC.CC.Cc1c(C)c2c(C)c(C)c3c(C)c(C)c4c(C)c(C)c5c(C)c(C)c6c(C)c(C)c1c1c2c3c4c5c61.c1ccccc1.c1ccccc1. The predicted molar refractivity (Wildman–Crippen MR) is 338 cm³/mol. The van der Waals surface area contributed by atoms with Gasteiger partial charge in [-0.15, -0.1) is 0 Å². The lowest BCUT2D eigenvalue weighted by atomic mass is 9.72. The quantitative estimate of drug-likeness (QED) is 0.105. The van der Waals surface area contributed by atoms with Gasteiger partial charge in [-0.05, 0) is 214 Å². The highest BCUT2D eigenvalue weighted by atomic mass is 14.3. The average molecular weight is 974 g/mol. The first kappa shape index (κ1) is 65.3. The van der Waals surface area contributed by atoms with E-state index in [1.807, 2.05) is 156 Å². The maximum Gasteiger partial charge on any atom is -0.000793 e. The molecule has 0 N–H and O–H groups in total. The fraction of sp³-hybridized carbons (Fsp3) is 0.500. The van der Waals surface area contributed by atoms with E-state index < -0.39 is 0 Å². The number of hydrogen-bond acceptors (Lipinski definition) is 0. The summed E-state index contributed by atoms with van der Waals surface area (Å²) < 4.78 is 0. The van der Waals surface area contributed by atoms with Crippen molar-refractivity contribution in [1.82, 2.24) is 0 Å². The third-order valence-corrected chi connectivity index (χ3v) is 15.2. The lowest BCUT2D eigenvalue weighted by Gasteiger charge is -2.31. The minimum atomic E-state index is 1.46. The average Bonchev–Trinajstić information content (AvgIpc) is 3.43. The lowest BCUT2D eigenvalue weighted by Crippen LogP contribution is -2.06. The van der Waals surface area contributed by atoms with Crippen LogP contribution in [-0.4, -0.2) is 0 Å². The molecule has 0 aromatic heterocycles. The van der Waals surface area contributed by atoms with Gasteiger partial charge in [0.15, 0.2) is 0 Å². The van der Waals surface area contributed by atoms with Crippen LogP contribution in [0.15, 0.2) is 72.8 Å². The van der Waals surface area contributed by atoms with E-state index in [0.717, 1.165) is 0 Å². The third-order valence-electron chi connectivity index (χ3n) is 15.2. The summed E-state index contributed by atoms with van der Waals surface area (Å²) in [6, 6.07) is 24.0. The maximum absolute atomic E-state index is 2.37. The lowest BCUT2D eigenvalue weighted by molar-refractivity contribution is 0.504. The molecule has 0 heteroatoms. The zero-order chi connectivity index (χ0) is 54.8. The minimum absolute atomic E-state index is 1.46. The second-order valence-corrected chi connectivity index (χ2v) is 18.6. The van der Waals surface area contributed by atoms with Gasteiger partial charge >= 0.3 is 0 Å². The topological polar surface area (TPSA) is 0 Å². The first-order valence-electron chi connectivity index (χ1n) is 29.5. The van der Waals surface area contributed by atoms with Gasteiger partial charge in [-0.3, -0.25) is 0 Å². The van der Waals surface area contributed by atoms with Gasteiger partial charge in [0.05, 0.1) is 0 Å². The molecule has 0 atom stereocenters. The van der Waals surface area contributed by atoms with Gasteiger partial charge in [0.1, 0.15) is 0 Å². The molecule has 0 bridgehead atoms. The van der Waals surface area contributed by atoms with E-state index >= 15 is 0 Å². The Morgan fingerprint density at radius 3 is 0.278 bits per heavy atom. The van der Waals surface area contributed by atoms with E-state index in [9.17, 15) is 0 Å². The summed E-state index contributed by atoms with van der Waals surface area (Å²) in [4.78, 5) is 0. The van der Waals surface area contributed by atoms with Crippen molar-refractivity contribution in [3.8, 4) is 0 Å². The first-order valence-corrected chi connectivity index (χ1v) is 29.5. The Bertz CT molecular complexity index is 2200. The Kier molecular flexibility index (Phi) is 30.8. The molecule has 1 aliphatic carbocycles. The zero-order valence-electron chi connectivity index (χ0n) is 51.4. The molecular formula is C72H108. The van der Waals surface area contributed by atoms with Crippen molar-refractivity contribution in [2.75, 3.05) is 0 Å². The standard InChI is InChI=1S/C36H36.C12H24.2C6H6.6C2H6/c1-13-14(2)26-17(5)18(6)28-21(9)23(11)30-24(12)22(10)29-20(8)19(7)27-16(4)15(3)25(13)31-32(26)34(28)36(30)35(29)33(27)31;1-2-4-6-8-10-12-11-9-7-5-3-1;2*1-2-4-6-5-3-1;6*1-2/h1-12H3;1-12H2;2*1-6H;6*1-2H3. The Morgan fingerprint density at radius 1 is 0.139 bits per heavy atom. The molecule has 1 fully saturated rings. The summed E-state index contributed by atoms with van der Waals surface area (Å²) >= 11 is 0. The number of hydrogen-bond donors (Lipinski definition) is 0. The van der Waals surface area contributed by atoms with Gasteiger partial charge in [0.25, 0.3) is 0 Å². The van der Waals surface area contributed by atoms with Crippen LogP contribution < -0.4 is 0 Å². The van der Waals surface area contributed by atoms with Crippen LogP contribution in [0.2, 0.25) is 0 Å². The molecule has 1 aliphatic rings. The Labute approximate surface area is 445 Å². The fourth-order valence-electron chi connectivity index (χ4n) is 11.3. The van der Waals surface area contributed by atoms with Crippen molar-refractivity contribution in [2.45, 2.75) is 243 Å². The second kappa shape index (κ2) is 33.9. The van der Waals surface area contributed by atoms with Gasteiger partial charge < -0.3 is 0 Å². The Morgan fingerprint density at radius 2 is 0.208 bits per heavy atom. The third kappa shape index (κ3) is 13.9. The summed E-state index contributed by atoms with van der Waals surface area (Å²) in [6.45, 7) is 52.4. The van der Waals surface area contributed by atoms with Crippen LogP contribution in [0.25, 0.3) is 64.6 Å². The van der Waals surface area contributed by atoms with Gasteiger partial charge in [0, 0.05) is 0 Å². The van der Waals surface area contributed by atoms with E-state index in [0.29, 0.717) is 0 Å². The van der Waals surface area contributed by atoms with Crippen molar-refractivity contribution >= 4 is 64.6 Å². The molecule has 9 aromatic carbocycles. The van der Waals surface area contributed by atoms with E-state index in [4.69, 9.17) is 0 Å². The molecule has 1 saturated carbocycles. The molecule has 396 valence electrons. The normalized spacial score (nSPS) is 12.3. The summed E-state index contributed by atoms with van der Waals surface area (Å²) in [7, 11) is 0. The highest BCUT2D eigenvalue weighted by Gasteiger charge is 2.30. The van der Waals surface area contributed by atoms with Crippen molar-refractivity contribution in [1.29, 1.82) is 0 Å². The fourth-order valence-corrected chi connectivity index (χ4v) is 11.3. The van der Waals surface area contributed by atoms with Crippen molar-refractivity contribution in [2.24, 2.45) is 0 Å². The molecule has 10 rings (SSSR count). The van der Waals surface area contributed by atoms with Crippen molar-refractivity contribution in [3.63, 3.8) is 0 Å². The van der Waals surface area contributed by atoms with Gasteiger partial charge in [-0.25, -0.2) is 0 Å². The maximum atomic E-state index is 2.37. The van der Waals surface area contributed by atoms with Gasteiger partial charge in [-0.1, -0.05) is 233 Å². The highest BCUT2D eigenvalue weighted by Crippen LogP contribution is 2.56. The number of benzene rings is 9. The molecule has 0 spiro atoms. The predicted octanol–water partition coefficient (Wildman–Crippen LogP) is 24.8. The van der Waals surface area contributed by atoms with Crippen LogP contribution in [0.3, 0.4) is 0 Å². The molecule has 0 amide bonds. The van der Waals surface area contributed by atoms with Crippen LogP contribution in [0.4, 0.5) is 0 Å². The molecule has 9 aromatic rings. The molecule has 72 heavy (non-hydrogen) atoms. The van der Waals surface area contributed by atoms with E-state index in [1.54, 1.807) is 0 Å². The van der Waals surface area contributed by atoms with E-state index in [1.165, 1.54) is 208 Å². The Balaban J connectivity index is 0.000000588. The zero-order valence-corrected chi connectivity index (χ0v) is 51.4. The monoisotopic (exact) mass is 973 g/mol. The van der Waals surface area contributed by atoms with E-state index in [-0.39, 0.29) is 0 Å².